The van der Waals surface area contributed by atoms with Gasteiger partial charge in [-0.05, 0) is 98.7 Å². The Kier molecular flexibility index (Phi) is 10.5. The Bertz CT molecular complexity index is 1510. The fourth-order valence-electron chi connectivity index (χ4n) is 4.15. The average molecular weight is 603 g/mol. The van der Waals surface area contributed by atoms with Crippen LogP contribution in [0.4, 0.5) is 10.8 Å². The number of ether oxygens (including phenoxy) is 1. The third-order valence-corrected chi connectivity index (χ3v) is 9.20. The van der Waals surface area contributed by atoms with Crippen molar-refractivity contribution in [3.8, 4) is 5.75 Å². The number of thiazole rings is 1. The van der Waals surface area contributed by atoms with Gasteiger partial charge in [-0.1, -0.05) is 25.2 Å². The number of anilines is 2. The second-order valence-electron chi connectivity index (χ2n) is 9.24. The lowest BCUT2D eigenvalue weighted by Crippen LogP contribution is -2.38. The van der Waals surface area contributed by atoms with Crippen LogP contribution in [-0.2, 0) is 10.0 Å². The summed E-state index contributed by atoms with van der Waals surface area (Å²) in [6.45, 7) is 11.3. The van der Waals surface area contributed by atoms with Gasteiger partial charge in [0, 0.05) is 24.3 Å². The van der Waals surface area contributed by atoms with Crippen LogP contribution in [0.15, 0.2) is 65.6 Å². The molecule has 0 bridgehead atoms. The summed E-state index contributed by atoms with van der Waals surface area (Å²) in [4.78, 5) is 22.7. The highest BCUT2D eigenvalue weighted by molar-refractivity contribution is 7.92. The number of aryl methyl sites for hydroxylation is 2. The average Bonchev–Trinajstić information content (AvgIpc) is 3.33. The molecule has 3 aromatic carbocycles. The molecule has 0 fully saturated rings. The third kappa shape index (κ3) is 7.11. The Morgan fingerprint density at radius 1 is 0.950 bits per heavy atom. The van der Waals surface area contributed by atoms with Crippen LogP contribution in [0.5, 0.6) is 5.75 Å². The molecular formula is C29H35ClN4O4S2. The van der Waals surface area contributed by atoms with Gasteiger partial charge in [-0.25, -0.2) is 13.4 Å². The highest BCUT2D eigenvalue weighted by Crippen LogP contribution is 2.32. The van der Waals surface area contributed by atoms with E-state index in [4.69, 9.17) is 9.72 Å². The highest BCUT2D eigenvalue weighted by Gasteiger charge is 2.23. The number of nitrogens with zero attached hydrogens (tertiary/aromatic N) is 3. The molecule has 0 unspecified atom stereocenters. The molecule has 11 heteroatoms. The summed E-state index contributed by atoms with van der Waals surface area (Å²) in [6, 6.07) is 16.8. The van der Waals surface area contributed by atoms with Crippen molar-refractivity contribution < 1.29 is 17.9 Å². The zero-order valence-corrected chi connectivity index (χ0v) is 25.8. The molecule has 40 heavy (non-hydrogen) atoms. The number of carbonyl (C=O) groups is 1. The minimum absolute atomic E-state index is 0. The van der Waals surface area contributed by atoms with Crippen molar-refractivity contribution in [1.82, 2.24) is 9.88 Å². The van der Waals surface area contributed by atoms with Crippen LogP contribution in [0.2, 0.25) is 0 Å². The van der Waals surface area contributed by atoms with Gasteiger partial charge in [0.25, 0.3) is 15.9 Å². The van der Waals surface area contributed by atoms with Crippen molar-refractivity contribution in [1.29, 1.82) is 0 Å². The van der Waals surface area contributed by atoms with Crippen LogP contribution in [0.3, 0.4) is 0 Å². The lowest BCUT2D eigenvalue weighted by molar-refractivity contribution is 0.0984. The van der Waals surface area contributed by atoms with Crippen LogP contribution >= 0.6 is 23.7 Å². The molecule has 0 aliphatic rings. The number of sulfonamides is 1. The number of aromatic nitrogens is 1. The summed E-state index contributed by atoms with van der Waals surface area (Å²) in [5.74, 6) is 0.389. The maximum Gasteiger partial charge on any atom is 0.261 e. The van der Waals surface area contributed by atoms with E-state index in [9.17, 15) is 13.2 Å². The summed E-state index contributed by atoms with van der Waals surface area (Å²) in [5.41, 5.74) is 4.04. The van der Waals surface area contributed by atoms with Crippen molar-refractivity contribution in [2.75, 3.05) is 42.9 Å². The molecule has 0 saturated carbocycles. The van der Waals surface area contributed by atoms with Gasteiger partial charge in [0.1, 0.15) is 5.75 Å². The second kappa shape index (κ2) is 13.5. The monoisotopic (exact) mass is 602 g/mol. The minimum atomic E-state index is -3.79. The van der Waals surface area contributed by atoms with Gasteiger partial charge in [0.05, 0.1) is 22.2 Å². The number of halogens is 1. The maximum atomic E-state index is 13.7. The summed E-state index contributed by atoms with van der Waals surface area (Å²) in [7, 11) is -2.27. The van der Waals surface area contributed by atoms with Gasteiger partial charge < -0.3 is 9.64 Å². The minimum Gasteiger partial charge on any atom is -0.497 e. The topological polar surface area (TPSA) is 91.8 Å². The molecule has 8 nitrogen and oxygen atoms in total. The molecule has 1 aromatic heterocycles. The predicted molar refractivity (Wildman–Crippen MR) is 166 cm³/mol. The Labute approximate surface area is 246 Å². The van der Waals surface area contributed by atoms with Gasteiger partial charge >= 0.3 is 0 Å². The molecule has 4 rings (SSSR count). The first-order chi connectivity index (χ1) is 18.6. The zero-order valence-electron chi connectivity index (χ0n) is 23.3. The number of fused-ring (bicyclic) bond motifs is 1. The fourth-order valence-corrected chi connectivity index (χ4v) is 6.28. The zero-order chi connectivity index (χ0) is 28.2. The summed E-state index contributed by atoms with van der Waals surface area (Å²) >= 11 is 1.50. The Morgan fingerprint density at radius 3 is 2.17 bits per heavy atom. The standard InChI is InChI=1S/C29H34N4O4S2.ClH/c1-6-32(7-2)16-17-33(29-30-26-18-20(3)21(4)19-27(26)38-29)28(34)22-8-10-23(11-9-22)31-39(35,36)25-14-12-24(37-5)13-15-25;/h8-15,18-19,31H,6-7,16-17H2,1-5H3;1H. The lowest BCUT2D eigenvalue weighted by atomic mass is 10.1. The first-order valence-electron chi connectivity index (χ1n) is 12.8. The molecule has 0 aliphatic heterocycles. The maximum absolute atomic E-state index is 13.7. The number of benzene rings is 3. The number of amides is 1. The largest absolute Gasteiger partial charge is 0.497 e. The van der Waals surface area contributed by atoms with E-state index in [-0.39, 0.29) is 23.2 Å². The molecule has 0 radical (unpaired) electrons. The van der Waals surface area contributed by atoms with Crippen molar-refractivity contribution in [3.05, 3.63) is 77.4 Å². The van der Waals surface area contributed by atoms with E-state index in [1.165, 1.54) is 36.1 Å². The summed E-state index contributed by atoms with van der Waals surface area (Å²) in [5, 5.41) is 0.649. The number of nitrogens with one attached hydrogen (secondary N) is 1. The van der Waals surface area contributed by atoms with Gasteiger partial charge in [0.2, 0.25) is 0 Å². The molecular weight excluding hydrogens is 568 g/mol. The normalized spacial score (nSPS) is 11.3. The van der Waals surface area contributed by atoms with Crippen LogP contribution in [0, 0.1) is 13.8 Å². The van der Waals surface area contributed by atoms with E-state index >= 15 is 0 Å². The van der Waals surface area contributed by atoms with Crippen molar-refractivity contribution in [3.63, 3.8) is 0 Å². The summed E-state index contributed by atoms with van der Waals surface area (Å²) in [6.07, 6.45) is 0. The van der Waals surface area contributed by atoms with E-state index in [1.54, 1.807) is 41.3 Å². The fraction of sp³-hybridized carbons (Fsp3) is 0.310. The number of hydrogen-bond donors (Lipinski definition) is 1. The number of rotatable bonds is 11. The highest BCUT2D eigenvalue weighted by atomic mass is 35.5. The van der Waals surface area contributed by atoms with E-state index in [0.717, 1.165) is 28.9 Å². The number of likely N-dealkylation sites (N-methyl/N-ethyl adjacent to an activating group) is 1. The Morgan fingerprint density at radius 2 is 1.57 bits per heavy atom. The smallest absolute Gasteiger partial charge is 0.261 e. The van der Waals surface area contributed by atoms with Crippen LogP contribution < -0.4 is 14.4 Å². The number of carbonyl (C=O) groups excluding carboxylic acids is 1. The first kappa shape index (κ1) is 31.3. The second-order valence-corrected chi connectivity index (χ2v) is 11.9. The van der Waals surface area contributed by atoms with Crippen LogP contribution in [0.1, 0.15) is 35.3 Å². The van der Waals surface area contributed by atoms with E-state index < -0.39 is 10.0 Å². The molecule has 0 atom stereocenters. The number of methoxy groups -OCH3 is 1. The summed E-state index contributed by atoms with van der Waals surface area (Å²) < 4.78 is 34.3. The number of hydrogen-bond acceptors (Lipinski definition) is 7. The van der Waals surface area contributed by atoms with E-state index in [1.807, 2.05) is 0 Å². The lowest BCUT2D eigenvalue weighted by Gasteiger charge is -2.24. The van der Waals surface area contributed by atoms with Gasteiger partial charge in [-0.15, -0.1) is 12.4 Å². The molecule has 1 N–H and O–H groups in total. The van der Waals surface area contributed by atoms with E-state index in [0.29, 0.717) is 35.2 Å². The quantitative estimate of drug-likeness (QED) is 0.222. The molecule has 214 valence electrons. The molecule has 0 saturated heterocycles. The molecule has 4 aromatic rings. The first-order valence-corrected chi connectivity index (χ1v) is 15.1. The van der Waals surface area contributed by atoms with Gasteiger partial charge in [-0.2, -0.15) is 0 Å². The van der Waals surface area contributed by atoms with Crippen LogP contribution in [0.25, 0.3) is 10.2 Å². The van der Waals surface area contributed by atoms with Crippen molar-refractivity contribution >= 4 is 60.7 Å². The molecule has 1 amide bonds. The van der Waals surface area contributed by atoms with Crippen LogP contribution in [-0.4, -0.2) is 57.5 Å². The predicted octanol–water partition coefficient (Wildman–Crippen LogP) is 6.13. The van der Waals surface area contributed by atoms with Crippen molar-refractivity contribution in [2.24, 2.45) is 0 Å². The third-order valence-electron chi connectivity index (χ3n) is 6.76. The molecule has 0 aliphatic carbocycles. The molecule has 1 heterocycles. The van der Waals surface area contributed by atoms with Gasteiger partial charge in [-0.3, -0.25) is 14.4 Å². The molecule has 0 spiro atoms. The van der Waals surface area contributed by atoms with Crippen molar-refractivity contribution in [2.45, 2.75) is 32.6 Å². The Hall–Kier alpha value is -3.18. The Balaban J connectivity index is 0.00000441. The SMILES string of the molecule is CCN(CC)CCN(C(=O)c1ccc(NS(=O)(=O)c2ccc(OC)cc2)cc1)c1nc2cc(C)c(C)cc2s1.Cl. The van der Waals surface area contributed by atoms with E-state index in [2.05, 4.69) is 49.4 Å². The van der Waals surface area contributed by atoms with Gasteiger partial charge in [0.15, 0.2) is 5.13 Å².